The van der Waals surface area contributed by atoms with Gasteiger partial charge in [-0.2, -0.15) is 0 Å². The highest BCUT2D eigenvalue weighted by atomic mass is 32.3. The van der Waals surface area contributed by atoms with E-state index in [0.29, 0.717) is 24.3 Å². The number of anilines is 2. The van der Waals surface area contributed by atoms with Gasteiger partial charge in [-0.25, -0.2) is 8.70 Å². The smallest absolute Gasteiger partial charge is 0.206 e. The van der Waals surface area contributed by atoms with Gasteiger partial charge in [0.05, 0.1) is 5.69 Å². The van der Waals surface area contributed by atoms with E-state index in [9.17, 15) is 13.5 Å². The molecule has 2 aromatic carbocycles. The molecule has 0 saturated heterocycles. The largest absolute Gasteiger partial charge is 0.466 e. The van der Waals surface area contributed by atoms with Crippen molar-refractivity contribution < 1.29 is 18.2 Å². The van der Waals surface area contributed by atoms with E-state index in [1.807, 2.05) is 13.1 Å². The van der Waals surface area contributed by atoms with Gasteiger partial charge in [-0.15, -0.1) is 0 Å². The van der Waals surface area contributed by atoms with E-state index < -0.39 is 22.0 Å². The Hall–Kier alpha value is -1.80. The molecule has 1 heterocycles. The number of ether oxygens (including phenoxy) is 1. The summed E-state index contributed by atoms with van der Waals surface area (Å²) in [7, 11) is -1.56. The molecule has 0 saturated carbocycles. The summed E-state index contributed by atoms with van der Waals surface area (Å²) in [4.78, 5) is 0. The molecule has 0 spiro atoms. The molecule has 1 aliphatic rings. The van der Waals surface area contributed by atoms with Gasteiger partial charge in [-0.3, -0.25) is 9.11 Å². The van der Waals surface area contributed by atoms with Gasteiger partial charge in [-0.1, -0.05) is 35.0 Å². The van der Waals surface area contributed by atoms with Gasteiger partial charge in [0, 0.05) is 6.42 Å². The second kappa shape index (κ2) is 6.98. The molecule has 0 bridgehead atoms. The summed E-state index contributed by atoms with van der Waals surface area (Å²) in [5, 5.41) is 3.02. The molecule has 7 heteroatoms. The average molecular weight is 352 g/mol. The third-order valence-electron chi connectivity index (χ3n) is 3.89. The van der Waals surface area contributed by atoms with Crippen LogP contribution in [0.3, 0.4) is 0 Å². The maximum atomic E-state index is 14.4. The highest BCUT2D eigenvalue weighted by Gasteiger charge is 2.42. The van der Waals surface area contributed by atoms with Gasteiger partial charge in [0.25, 0.3) is 0 Å². The Balaban J connectivity index is 2.06. The summed E-state index contributed by atoms with van der Waals surface area (Å²) in [6.45, 7) is 0.733. The minimum absolute atomic E-state index is 0.0635. The fourth-order valence-electron chi connectivity index (χ4n) is 2.76. The lowest BCUT2D eigenvalue weighted by atomic mass is 10.2. The minimum atomic E-state index is -3.39. The standard InChI is InChI=1S/C17H21FN2O3S/c1-19-12-6-11-16-23-15-10-5-9-14(18)17(15)20(24(16,21)22)13-7-3-2-4-8-13/h2-5,7-10,16,19,21-22H,6,11-12H2,1H3. The number of hydrogen-bond donors (Lipinski definition) is 3. The molecule has 0 amide bonds. The Morgan fingerprint density at radius 1 is 1.17 bits per heavy atom. The van der Waals surface area contributed by atoms with Crippen LogP contribution in [0.25, 0.3) is 0 Å². The number of halogens is 1. The highest BCUT2D eigenvalue weighted by molar-refractivity contribution is 8.26. The lowest BCUT2D eigenvalue weighted by Gasteiger charge is -2.51. The lowest BCUT2D eigenvalue weighted by molar-refractivity contribution is 0.234. The molecule has 2 aromatic rings. The zero-order valence-corrected chi connectivity index (χ0v) is 14.2. The summed E-state index contributed by atoms with van der Waals surface area (Å²) in [5.74, 6) is -0.232. The van der Waals surface area contributed by atoms with Crippen molar-refractivity contribution in [1.82, 2.24) is 5.32 Å². The Bertz CT molecular complexity index is 699. The second-order valence-electron chi connectivity index (χ2n) is 5.57. The average Bonchev–Trinajstić information content (AvgIpc) is 2.57. The van der Waals surface area contributed by atoms with Crippen molar-refractivity contribution >= 4 is 22.2 Å². The normalized spacial score (nSPS) is 20.2. The minimum Gasteiger partial charge on any atom is -0.466 e. The van der Waals surface area contributed by atoms with Gasteiger partial charge >= 0.3 is 0 Å². The molecular weight excluding hydrogens is 331 g/mol. The summed E-state index contributed by atoms with van der Waals surface area (Å²) < 4.78 is 43.2. The van der Waals surface area contributed by atoms with E-state index in [4.69, 9.17) is 4.74 Å². The quantitative estimate of drug-likeness (QED) is 0.698. The molecule has 0 fully saturated rings. The molecule has 3 N–H and O–H groups in total. The van der Waals surface area contributed by atoms with Crippen LogP contribution in [-0.4, -0.2) is 28.1 Å². The van der Waals surface area contributed by atoms with Crippen molar-refractivity contribution in [2.24, 2.45) is 0 Å². The van der Waals surface area contributed by atoms with Crippen LogP contribution < -0.4 is 14.4 Å². The number of fused-ring (bicyclic) bond motifs is 1. The molecule has 0 radical (unpaired) electrons. The molecule has 3 rings (SSSR count). The van der Waals surface area contributed by atoms with Crippen LogP contribution in [0.15, 0.2) is 48.5 Å². The molecule has 0 aromatic heterocycles. The Morgan fingerprint density at radius 3 is 2.62 bits per heavy atom. The van der Waals surface area contributed by atoms with Crippen LogP contribution in [0.4, 0.5) is 15.8 Å². The van der Waals surface area contributed by atoms with Crippen LogP contribution in [0, 0.1) is 5.82 Å². The van der Waals surface area contributed by atoms with Crippen molar-refractivity contribution in [3.05, 3.63) is 54.3 Å². The van der Waals surface area contributed by atoms with E-state index in [1.54, 1.807) is 36.4 Å². The Labute approximate surface area is 142 Å². The van der Waals surface area contributed by atoms with Crippen LogP contribution in [-0.2, 0) is 0 Å². The summed E-state index contributed by atoms with van der Waals surface area (Å²) in [6, 6.07) is 13.3. The number of nitrogens with one attached hydrogen (secondary N) is 1. The zero-order chi connectivity index (χ0) is 17.2. The van der Waals surface area contributed by atoms with Crippen LogP contribution in [0.5, 0.6) is 5.75 Å². The third kappa shape index (κ3) is 3.08. The number of hydrogen-bond acceptors (Lipinski definition) is 5. The second-order valence-corrected chi connectivity index (χ2v) is 7.58. The SMILES string of the molecule is CNCCCC1Oc2cccc(F)c2N(c2ccccc2)S1(O)O. The van der Waals surface area contributed by atoms with Crippen molar-refractivity contribution in [3.63, 3.8) is 0 Å². The van der Waals surface area contributed by atoms with Crippen molar-refractivity contribution in [1.29, 1.82) is 0 Å². The fourth-order valence-corrected chi connectivity index (χ4v) is 4.58. The maximum absolute atomic E-state index is 14.4. The van der Waals surface area contributed by atoms with Gasteiger partial charge in [0.1, 0.15) is 5.69 Å². The van der Waals surface area contributed by atoms with E-state index in [0.717, 1.165) is 6.54 Å². The first kappa shape index (κ1) is 17.0. The molecule has 5 nitrogen and oxygen atoms in total. The van der Waals surface area contributed by atoms with Crippen LogP contribution >= 0.6 is 10.8 Å². The molecule has 24 heavy (non-hydrogen) atoms. The summed E-state index contributed by atoms with van der Waals surface area (Å²) in [6.07, 6.45) is 1.16. The van der Waals surface area contributed by atoms with E-state index in [-0.39, 0.29) is 5.69 Å². The molecular formula is C17H21FN2O3S. The van der Waals surface area contributed by atoms with Gasteiger partial charge in [0.15, 0.2) is 11.6 Å². The fraction of sp³-hybridized carbons (Fsp3) is 0.294. The molecule has 130 valence electrons. The predicted octanol–water partition coefficient (Wildman–Crippen LogP) is 4.35. The van der Waals surface area contributed by atoms with Gasteiger partial charge < -0.3 is 10.1 Å². The summed E-state index contributed by atoms with van der Waals surface area (Å²) in [5.41, 5.74) is -0.236. The molecule has 1 unspecified atom stereocenters. The molecule has 1 aliphatic heterocycles. The first-order chi connectivity index (χ1) is 11.6. The van der Waals surface area contributed by atoms with Crippen molar-refractivity contribution in [3.8, 4) is 5.75 Å². The predicted molar refractivity (Wildman–Crippen MR) is 95.4 cm³/mol. The zero-order valence-electron chi connectivity index (χ0n) is 13.4. The monoisotopic (exact) mass is 352 g/mol. The van der Waals surface area contributed by atoms with E-state index >= 15 is 0 Å². The van der Waals surface area contributed by atoms with E-state index in [1.165, 1.54) is 10.4 Å². The van der Waals surface area contributed by atoms with Crippen molar-refractivity contribution in [2.75, 3.05) is 17.9 Å². The number of nitrogens with zero attached hydrogens (tertiary/aromatic N) is 1. The van der Waals surface area contributed by atoms with Crippen LogP contribution in [0.2, 0.25) is 0 Å². The van der Waals surface area contributed by atoms with Gasteiger partial charge in [0.2, 0.25) is 5.44 Å². The molecule has 1 atom stereocenters. The van der Waals surface area contributed by atoms with Gasteiger partial charge in [-0.05, 0) is 44.3 Å². The number of para-hydroxylation sites is 2. The first-order valence-corrected chi connectivity index (χ1v) is 9.34. The number of rotatable bonds is 5. The first-order valence-electron chi connectivity index (χ1n) is 7.78. The van der Waals surface area contributed by atoms with Crippen LogP contribution in [0.1, 0.15) is 12.8 Å². The van der Waals surface area contributed by atoms with Crippen molar-refractivity contribution in [2.45, 2.75) is 18.3 Å². The molecule has 0 aliphatic carbocycles. The van der Waals surface area contributed by atoms with E-state index in [2.05, 4.69) is 5.32 Å². The highest BCUT2D eigenvalue weighted by Crippen LogP contribution is 2.62. The number of benzene rings is 2. The summed E-state index contributed by atoms with van der Waals surface area (Å²) >= 11 is 0. The maximum Gasteiger partial charge on any atom is 0.206 e. The third-order valence-corrected chi connectivity index (χ3v) is 5.86. The Morgan fingerprint density at radius 2 is 1.92 bits per heavy atom. The Kier molecular flexibility index (Phi) is 4.96. The lowest BCUT2D eigenvalue weighted by Crippen LogP contribution is -2.40. The topological polar surface area (TPSA) is 65.0 Å².